The number of halogens is 2. The summed E-state index contributed by atoms with van der Waals surface area (Å²) in [7, 11) is 1.50. The lowest BCUT2D eigenvalue weighted by Gasteiger charge is -2.26. The van der Waals surface area contributed by atoms with Gasteiger partial charge in [0.15, 0.2) is 0 Å². The van der Waals surface area contributed by atoms with Gasteiger partial charge in [-0.1, -0.05) is 13.0 Å². The average molecular weight is 502 g/mol. The number of aromatic nitrogens is 1. The summed E-state index contributed by atoms with van der Waals surface area (Å²) in [5, 5.41) is 18.1. The van der Waals surface area contributed by atoms with E-state index < -0.39 is 47.6 Å². The second kappa shape index (κ2) is 9.76. The van der Waals surface area contributed by atoms with Crippen LogP contribution in [0.4, 0.5) is 8.78 Å². The predicted molar refractivity (Wildman–Crippen MR) is 126 cm³/mol. The summed E-state index contributed by atoms with van der Waals surface area (Å²) in [4.78, 5) is 41.2. The van der Waals surface area contributed by atoms with Crippen LogP contribution in [0, 0.1) is 22.7 Å². The Morgan fingerprint density at radius 3 is 2.72 bits per heavy atom. The summed E-state index contributed by atoms with van der Waals surface area (Å²) in [6.07, 6.45) is 0.762. The lowest BCUT2D eigenvalue weighted by molar-refractivity contribution is -0.128. The summed E-state index contributed by atoms with van der Waals surface area (Å²) in [5.41, 5.74) is -0.677. The summed E-state index contributed by atoms with van der Waals surface area (Å²) in [6.45, 7) is 1.93. The first-order valence-electron chi connectivity index (χ1n) is 11.9. The van der Waals surface area contributed by atoms with Gasteiger partial charge in [0, 0.05) is 35.2 Å². The third kappa shape index (κ3) is 5.12. The molecule has 2 fully saturated rings. The van der Waals surface area contributed by atoms with Crippen LogP contribution in [0.2, 0.25) is 0 Å². The molecule has 4 rings (SSSR count). The minimum absolute atomic E-state index is 0.101. The van der Waals surface area contributed by atoms with Gasteiger partial charge in [-0.05, 0) is 43.9 Å². The molecule has 2 aromatic rings. The maximum absolute atomic E-state index is 14.0. The zero-order valence-corrected chi connectivity index (χ0v) is 20.1. The highest BCUT2D eigenvalue weighted by molar-refractivity contribution is 6.01. The van der Waals surface area contributed by atoms with Crippen LogP contribution in [0.3, 0.4) is 0 Å². The molecule has 1 aliphatic carbocycles. The van der Waals surface area contributed by atoms with Crippen molar-refractivity contribution < 1.29 is 27.9 Å². The number of nitrogens with zero attached hydrogens (tertiary/aromatic N) is 1. The first-order chi connectivity index (χ1) is 17.1. The number of nitrogens with one attached hydrogen (secondary N) is 4. The van der Waals surface area contributed by atoms with Crippen LogP contribution < -0.4 is 20.7 Å². The third-order valence-corrected chi connectivity index (χ3v) is 7.13. The summed E-state index contributed by atoms with van der Waals surface area (Å²) >= 11 is 0. The van der Waals surface area contributed by atoms with Crippen LogP contribution in [0.25, 0.3) is 10.9 Å². The second-order valence-electron chi connectivity index (χ2n) is 9.83. The molecule has 0 radical (unpaired) electrons. The van der Waals surface area contributed by atoms with E-state index >= 15 is 0 Å². The highest BCUT2D eigenvalue weighted by Gasteiger charge is 2.68. The Bertz CT molecular complexity index is 1220. The van der Waals surface area contributed by atoms with E-state index in [-0.39, 0.29) is 24.4 Å². The van der Waals surface area contributed by atoms with Crippen LogP contribution >= 0.6 is 0 Å². The number of piperidine rings is 1. The minimum Gasteiger partial charge on any atom is -0.496 e. The Morgan fingerprint density at radius 2 is 2.08 bits per heavy atom. The van der Waals surface area contributed by atoms with Gasteiger partial charge in [-0.3, -0.25) is 14.4 Å². The molecular formula is C25H29F2N5O4. The second-order valence-corrected chi connectivity index (χ2v) is 9.83. The van der Waals surface area contributed by atoms with E-state index in [0.29, 0.717) is 29.6 Å². The number of rotatable bonds is 9. The number of carbonyl (C=O) groups excluding carboxylic acids is 3. The van der Waals surface area contributed by atoms with Crippen LogP contribution in [-0.4, -0.2) is 54.4 Å². The van der Waals surface area contributed by atoms with E-state index in [1.54, 1.807) is 24.3 Å². The number of carbonyl (C=O) groups is 3. The highest BCUT2D eigenvalue weighted by Crippen LogP contribution is 2.62. The van der Waals surface area contributed by atoms with Gasteiger partial charge >= 0.3 is 0 Å². The molecule has 0 spiro atoms. The van der Waals surface area contributed by atoms with Gasteiger partial charge in [0.05, 0.1) is 13.2 Å². The van der Waals surface area contributed by atoms with E-state index in [1.807, 2.05) is 6.07 Å². The molecule has 11 heteroatoms. The fraction of sp³-hybridized carbons (Fsp3) is 0.520. The number of hydrogen-bond donors (Lipinski definition) is 4. The number of alkyl halides is 2. The monoisotopic (exact) mass is 501 g/mol. The maximum atomic E-state index is 14.0. The molecule has 192 valence electrons. The topological polar surface area (TPSA) is 136 Å². The fourth-order valence-corrected chi connectivity index (χ4v) is 4.75. The zero-order valence-electron chi connectivity index (χ0n) is 20.1. The molecule has 4 atom stereocenters. The van der Waals surface area contributed by atoms with Gasteiger partial charge in [-0.2, -0.15) is 5.26 Å². The molecular weight excluding hydrogens is 472 g/mol. The van der Waals surface area contributed by atoms with Crippen molar-refractivity contribution in [2.24, 2.45) is 11.3 Å². The van der Waals surface area contributed by atoms with Crippen molar-refractivity contribution in [3.05, 3.63) is 30.0 Å². The molecule has 2 heterocycles. The zero-order chi connectivity index (χ0) is 26.1. The lowest BCUT2D eigenvalue weighted by Crippen LogP contribution is -2.51. The van der Waals surface area contributed by atoms with Crippen molar-refractivity contribution in [3.8, 4) is 11.8 Å². The van der Waals surface area contributed by atoms with Crippen molar-refractivity contribution in [1.82, 2.24) is 20.9 Å². The summed E-state index contributed by atoms with van der Waals surface area (Å²) < 4.78 is 33.3. The molecule has 1 saturated carbocycles. The normalized spacial score (nSPS) is 24.2. The maximum Gasteiger partial charge on any atom is 0.268 e. The molecule has 4 N–H and O–H groups in total. The molecule has 1 unspecified atom stereocenters. The first kappa shape index (κ1) is 25.4. The molecule has 1 aromatic heterocycles. The van der Waals surface area contributed by atoms with Crippen LogP contribution in [-0.2, 0) is 9.59 Å². The number of ether oxygens (including phenoxy) is 1. The van der Waals surface area contributed by atoms with Gasteiger partial charge in [0.1, 0.15) is 23.5 Å². The highest BCUT2D eigenvalue weighted by atomic mass is 19.3. The average Bonchev–Trinajstić information content (AvgIpc) is 3.15. The predicted octanol–water partition coefficient (Wildman–Crippen LogP) is 2.63. The number of methoxy groups -OCH3 is 1. The summed E-state index contributed by atoms with van der Waals surface area (Å²) in [6, 6.07) is 6.46. The molecule has 1 aromatic carbocycles. The molecule has 3 amide bonds. The van der Waals surface area contributed by atoms with Gasteiger partial charge in [0.25, 0.3) is 11.8 Å². The van der Waals surface area contributed by atoms with Crippen molar-refractivity contribution in [2.45, 2.75) is 57.0 Å². The van der Waals surface area contributed by atoms with Gasteiger partial charge in [-0.25, -0.2) is 8.78 Å². The van der Waals surface area contributed by atoms with Crippen molar-refractivity contribution >= 4 is 28.6 Å². The van der Waals surface area contributed by atoms with E-state index in [1.165, 1.54) is 14.0 Å². The molecule has 36 heavy (non-hydrogen) atoms. The molecule has 1 saturated heterocycles. The standard InChI is InChI=1S/C25H29F2N5O4/c1-24(13-25(24,26)27)11-19(23(35)30-15(12-28)9-14-5-4-8-29-21(14)33)32-22(34)18-10-16-17(31-18)6-3-7-20(16)36-2/h3,6-7,10,14-15,19,31H,4-5,8-9,11,13H2,1-2H3,(H,29,33)(H,30,35)(H,32,34)/t14-,15-,19-,24?/m0/s1. The quantitative estimate of drug-likeness (QED) is 0.419. The Labute approximate surface area is 206 Å². The Hall–Kier alpha value is -3.68. The lowest BCUT2D eigenvalue weighted by atomic mass is 9.91. The number of nitriles is 1. The van der Waals surface area contributed by atoms with E-state index in [4.69, 9.17) is 4.74 Å². The number of hydrogen-bond acceptors (Lipinski definition) is 5. The number of amides is 3. The van der Waals surface area contributed by atoms with Crippen molar-refractivity contribution in [2.75, 3.05) is 13.7 Å². The van der Waals surface area contributed by atoms with Crippen LogP contribution in [0.15, 0.2) is 24.3 Å². The van der Waals surface area contributed by atoms with Crippen molar-refractivity contribution in [1.29, 1.82) is 5.26 Å². The minimum atomic E-state index is -2.94. The number of H-pyrrole nitrogens is 1. The molecule has 0 bridgehead atoms. The number of benzene rings is 1. The molecule has 2 aliphatic rings. The Balaban J connectivity index is 1.50. The van der Waals surface area contributed by atoms with Gasteiger partial charge in [0.2, 0.25) is 11.8 Å². The summed E-state index contributed by atoms with van der Waals surface area (Å²) in [5.74, 6) is -4.40. The first-order valence-corrected chi connectivity index (χ1v) is 11.9. The Morgan fingerprint density at radius 1 is 1.33 bits per heavy atom. The van der Waals surface area contributed by atoms with Gasteiger partial charge < -0.3 is 25.7 Å². The third-order valence-electron chi connectivity index (χ3n) is 7.13. The van der Waals surface area contributed by atoms with Crippen molar-refractivity contribution in [3.63, 3.8) is 0 Å². The van der Waals surface area contributed by atoms with Crippen LogP contribution in [0.1, 0.15) is 49.5 Å². The Kier molecular flexibility index (Phi) is 6.89. The largest absolute Gasteiger partial charge is 0.496 e. The molecule has 1 aliphatic heterocycles. The van der Waals surface area contributed by atoms with E-state index in [0.717, 1.165) is 6.42 Å². The number of fused-ring (bicyclic) bond motifs is 1. The smallest absolute Gasteiger partial charge is 0.268 e. The SMILES string of the molecule is COc1cccc2[nH]c(C(=O)N[C@@H](CC3(C)CC3(F)F)C(=O)N[C@H](C#N)C[C@@H]3CCCNC3=O)cc12. The van der Waals surface area contributed by atoms with Crippen LogP contribution in [0.5, 0.6) is 5.75 Å². The van der Waals surface area contributed by atoms with Gasteiger partial charge in [-0.15, -0.1) is 0 Å². The fourth-order valence-electron chi connectivity index (χ4n) is 4.75. The van der Waals surface area contributed by atoms with E-state index in [9.17, 15) is 28.4 Å². The van der Waals surface area contributed by atoms with E-state index in [2.05, 4.69) is 20.9 Å². The number of aromatic amines is 1. The molecule has 9 nitrogen and oxygen atoms in total.